The minimum Gasteiger partial charge on any atom is -0.313 e. The Morgan fingerprint density at radius 2 is 2.25 bits per heavy atom. The molecular weight excluding hydrogens is 225 g/mol. The zero-order chi connectivity index (χ0) is 11.5. The van der Waals surface area contributed by atoms with Crippen LogP contribution in [0.1, 0.15) is 37.3 Å². The largest absolute Gasteiger partial charge is 0.313 e. The number of halogens is 2. The molecule has 3 heteroatoms. The molecular formula is C13H17ClFN. The summed E-state index contributed by atoms with van der Waals surface area (Å²) in [5.41, 5.74) is 0.735. The first-order chi connectivity index (χ1) is 7.70. The molecule has 2 rings (SSSR count). The fraction of sp³-hybridized carbons (Fsp3) is 0.538. The summed E-state index contributed by atoms with van der Waals surface area (Å²) in [6.07, 6.45) is 4.92. The van der Waals surface area contributed by atoms with Crippen LogP contribution in [-0.2, 0) is 0 Å². The molecule has 16 heavy (non-hydrogen) atoms. The number of nitrogens with one attached hydrogen (secondary N) is 1. The number of benzene rings is 1. The highest BCUT2D eigenvalue weighted by atomic mass is 35.5. The van der Waals surface area contributed by atoms with Crippen molar-refractivity contribution >= 4 is 11.6 Å². The Balaban J connectivity index is 2.11. The van der Waals surface area contributed by atoms with Gasteiger partial charge in [-0.2, -0.15) is 0 Å². The van der Waals surface area contributed by atoms with E-state index in [1.807, 2.05) is 7.05 Å². The van der Waals surface area contributed by atoms with Crippen molar-refractivity contribution in [1.82, 2.24) is 5.32 Å². The molecule has 1 aromatic rings. The van der Waals surface area contributed by atoms with Crippen molar-refractivity contribution in [3.63, 3.8) is 0 Å². The second kappa shape index (κ2) is 5.15. The van der Waals surface area contributed by atoms with E-state index in [0.29, 0.717) is 5.02 Å². The molecule has 1 saturated carbocycles. The third kappa shape index (κ3) is 2.55. The topological polar surface area (TPSA) is 12.0 Å². The van der Waals surface area contributed by atoms with Crippen LogP contribution in [0.2, 0.25) is 5.02 Å². The summed E-state index contributed by atoms with van der Waals surface area (Å²) < 4.78 is 13.7. The second-order valence-corrected chi connectivity index (χ2v) is 4.98. The summed E-state index contributed by atoms with van der Waals surface area (Å²) in [6.45, 7) is 0. The summed E-state index contributed by atoms with van der Waals surface area (Å²) in [5.74, 6) is 0.554. The maximum atomic E-state index is 13.7. The lowest BCUT2D eigenvalue weighted by Gasteiger charge is -2.30. The summed E-state index contributed by atoms with van der Waals surface area (Å²) in [4.78, 5) is 0. The lowest BCUT2D eigenvalue weighted by molar-refractivity contribution is 0.263. The van der Waals surface area contributed by atoms with Crippen LogP contribution in [0.4, 0.5) is 4.39 Å². The van der Waals surface area contributed by atoms with Crippen molar-refractivity contribution in [3.8, 4) is 0 Å². The van der Waals surface area contributed by atoms with Crippen molar-refractivity contribution in [2.45, 2.75) is 31.7 Å². The molecule has 88 valence electrons. The number of hydrogen-bond acceptors (Lipinski definition) is 1. The molecule has 0 radical (unpaired) electrons. The van der Waals surface area contributed by atoms with Gasteiger partial charge >= 0.3 is 0 Å². The highest BCUT2D eigenvalue weighted by Gasteiger charge is 2.23. The predicted octanol–water partition coefficient (Wildman–Crippen LogP) is 3.93. The molecule has 1 aliphatic rings. The third-order valence-corrected chi connectivity index (χ3v) is 3.72. The fourth-order valence-electron chi connectivity index (χ4n) is 2.25. The lowest BCUT2D eigenvalue weighted by Crippen LogP contribution is -2.23. The monoisotopic (exact) mass is 241 g/mol. The Bertz CT molecular complexity index is 363. The predicted molar refractivity (Wildman–Crippen MR) is 65.2 cm³/mol. The molecule has 0 saturated heterocycles. The van der Waals surface area contributed by atoms with Gasteiger partial charge in [-0.25, -0.2) is 4.39 Å². The van der Waals surface area contributed by atoms with Crippen LogP contribution >= 0.6 is 11.6 Å². The van der Waals surface area contributed by atoms with Crippen LogP contribution in [0.3, 0.4) is 0 Å². The van der Waals surface area contributed by atoms with E-state index in [-0.39, 0.29) is 11.9 Å². The van der Waals surface area contributed by atoms with E-state index >= 15 is 0 Å². The van der Waals surface area contributed by atoms with Crippen LogP contribution in [-0.4, -0.2) is 7.05 Å². The van der Waals surface area contributed by atoms with Crippen LogP contribution in [0.25, 0.3) is 0 Å². The minimum absolute atomic E-state index is 0.113. The van der Waals surface area contributed by atoms with Gasteiger partial charge in [0.2, 0.25) is 0 Å². The summed E-state index contributed by atoms with van der Waals surface area (Å²) in [7, 11) is 1.89. The van der Waals surface area contributed by atoms with E-state index < -0.39 is 0 Å². The van der Waals surface area contributed by atoms with E-state index in [1.54, 1.807) is 12.1 Å². The first kappa shape index (κ1) is 11.9. The first-order valence-electron chi connectivity index (χ1n) is 5.83. The third-order valence-electron chi connectivity index (χ3n) is 3.48. The van der Waals surface area contributed by atoms with Crippen LogP contribution in [0, 0.1) is 11.7 Å². The molecule has 1 aromatic carbocycles. The van der Waals surface area contributed by atoms with Crippen molar-refractivity contribution in [2.75, 3.05) is 7.05 Å². The number of rotatable bonds is 4. The maximum absolute atomic E-state index is 13.7. The van der Waals surface area contributed by atoms with E-state index in [0.717, 1.165) is 17.9 Å². The smallest absolute Gasteiger partial charge is 0.129 e. The van der Waals surface area contributed by atoms with Gasteiger partial charge in [0.15, 0.2) is 0 Å². The highest BCUT2D eigenvalue weighted by Crippen LogP contribution is 2.35. The average molecular weight is 242 g/mol. The molecule has 1 nitrogen and oxygen atoms in total. The van der Waals surface area contributed by atoms with E-state index in [1.165, 1.54) is 25.3 Å². The van der Waals surface area contributed by atoms with E-state index in [2.05, 4.69) is 5.32 Å². The quantitative estimate of drug-likeness (QED) is 0.842. The SMILES string of the molecule is CNC(CC1CCC1)c1ccc(Cl)cc1F. The molecule has 1 fully saturated rings. The van der Waals surface area contributed by atoms with Gasteiger partial charge < -0.3 is 5.32 Å². The Morgan fingerprint density at radius 3 is 2.75 bits per heavy atom. The van der Waals surface area contributed by atoms with Crippen LogP contribution < -0.4 is 5.32 Å². The minimum atomic E-state index is -0.203. The summed E-state index contributed by atoms with van der Waals surface area (Å²) in [5, 5.41) is 3.65. The maximum Gasteiger partial charge on any atom is 0.129 e. The van der Waals surface area contributed by atoms with Gasteiger partial charge in [-0.15, -0.1) is 0 Å². The Morgan fingerprint density at radius 1 is 1.50 bits per heavy atom. The van der Waals surface area contributed by atoms with Gasteiger partial charge in [-0.1, -0.05) is 36.9 Å². The van der Waals surface area contributed by atoms with Crippen molar-refractivity contribution in [1.29, 1.82) is 0 Å². The molecule has 1 atom stereocenters. The molecule has 1 unspecified atom stereocenters. The second-order valence-electron chi connectivity index (χ2n) is 4.54. The van der Waals surface area contributed by atoms with Crippen LogP contribution in [0.5, 0.6) is 0 Å². The summed E-state index contributed by atoms with van der Waals surface area (Å²) >= 11 is 5.75. The fourth-order valence-corrected chi connectivity index (χ4v) is 2.41. The van der Waals surface area contributed by atoms with Crippen LogP contribution in [0.15, 0.2) is 18.2 Å². The molecule has 0 amide bonds. The highest BCUT2D eigenvalue weighted by molar-refractivity contribution is 6.30. The zero-order valence-electron chi connectivity index (χ0n) is 9.47. The molecule has 1 aliphatic carbocycles. The first-order valence-corrected chi connectivity index (χ1v) is 6.20. The van der Waals surface area contributed by atoms with Crippen molar-refractivity contribution < 1.29 is 4.39 Å². The van der Waals surface area contributed by atoms with Gasteiger partial charge in [0.05, 0.1) is 0 Å². The zero-order valence-corrected chi connectivity index (χ0v) is 10.2. The molecule has 0 aromatic heterocycles. The summed E-state index contributed by atoms with van der Waals surface area (Å²) in [6, 6.07) is 5.05. The normalized spacial score (nSPS) is 18.2. The van der Waals surface area contributed by atoms with Crippen molar-refractivity contribution in [3.05, 3.63) is 34.6 Å². The molecule has 1 N–H and O–H groups in total. The van der Waals surface area contributed by atoms with Gasteiger partial charge in [0.1, 0.15) is 5.82 Å². The Kier molecular flexibility index (Phi) is 3.82. The van der Waals surface area contributed by atoms with Gasteiger partial charge in [0.25, 0.3) is 0 Å². The van der Waals surface area contributed by atoms with Gasteiger partial charge in [-0.3, -0.25) is 0 Å². The van der Waals surface area contributed by atoms with E-state index in [9.17, 15) is 4.39 Å². The Hall–Kier alpha value is -0.600. The standard InChI is InChI=1S/C13H17ClFN/c1-16-13(7-9-3-2-4-9)11-6-5-10(14)8-12(11)15/h5-6,8-9,13,16H,2-4,7H2,1H3. The van der Waals surface area contributed by atoms with Crippen molar-refractivity contribution in [2.24, 2.45) is 5.92 Å². The van der Waals surface area contributed by atoms with Gasteiger partial charge in [-0.05, 0) is 31.5 Å². The molecule has 0 bridgehead atoms. The number of hydrogen-bond donors (Lipinski definition) is 1. The molecule has 0 aliphatic heterocycles. The molecule has 0 heterocycles. The van der Waals surface area contributed by atoms with E-state index in [4.69, 9.17) is 11.6 Å². The molecule has 0 spiro atoms. The average Bonchev–Trinajstić information content (AvgIpc) is 2.18. The van der Waals surface area contributed by atoms with Gasteiger partial charge in [0, 0.05) is 16.6 Å². The lowest BCUT2D eigenvalue weighted by atomic mass is 9.79. The Labute approximate surface area is 101 Å².